The second-order valence-electron chi connectivity index (χ2n) is 3.19. The zero-order chi connectivity index (χ0) is 12.0. The van der Waals surface area contributed by atoms with Gasteiger partial charge in [-0.15, -0.1) is 0 Å². The highest BCUT2D eigenvalue weighted by Gasteiger charge is 2.15. The highest BCUT2D eigenvalue weighted by atomic mass is 16.5. The van der Waals surface area contributed by atoms with E-state index < -0.39 is 18.6 Å². The Balaban J connectivity index is 2.45. The van der Waals surface area contributed by atoms with Crippen LogP contribution in [0.1, 0.15) is 10.4 Å². The Kier molecular flexibility index (Phi) is 4.63. The first-order chi connectivity index (χ1) is 7.65. The number of rotatable bonds is 5. The second-order valence-corrected chi connectivity index (χ2v) is 3.19. The van der Waals surface area contributed by atoms with Gasteiger partial charge in [-0.05, 0) is 0 Å². The molecule has 0 aliphatic heterocycles. The van der Waals surface area contributed by atoms with Crippen molar-refractivity contribution in [2.24, 2.45) is 5.73 Å². The molecule has 0 heterocycles. The Bertz CT molecular complexity index is 364. The van der Waals surface area contributed by atoms with E-state index in [1.165, 1.54) is 0 Å². The molecule has 5 heteroatoms. The van der Waals surface area contributed by atoms with Gasteiger partial charge < -0.3 is 15.6 Å². The van der Waals surface area contributed by atoms with Gasteiger partial charge in [0.05, 0.1) is 6.61 Å². The minimum atomic E-state index is -1.09. The van der Waals surface area contributed by atoms with Crippen LogP contribution in [0.15, 0.2) is 30.3 Å². The van der Waals surface area contributed by atoms with E-state index in [2.05, 4.69) is 4.74 Å². The molecule has 0 amide bonds. The van der Waals surface area contributed by atoms with Crippen molar-refractivity contribution in [3.8, 4) is 0 Å². The Morgan fingerprint density at radius 1 is 1.31 bits per heavy atom. The van der Waals surface area contributed by atoms with Crippen LogP contribution < -0.4 is 5.73 Å². The van der Waals surface area contributed by atoms with Crippen molar-refractivity contribution in [1.82, 2.24) is 0 Å². The van der Waals surface area contributed by atoms with Crippen LogP contribution >= 0.6 is 0 Å². The first-order valence-corrected chi connectivity index (χ1v) is 4.76. The van der Waals surface area contributed by atoms with E-state index in [1.54, 1.807) is 30.3 Å². The number of esters is 1. The zero-order valence-corrected chi connectivity index (χ0v) is 8.63. The number of benzene rings is 1. The molecule has 86 valence electrons. The van der Waals surface area contributed by atoms with Crippen molar-refractivity contribution < 1.29 is 19.4 Å². The molecule has 0 aromatic heterocycles. The summed E-state index contributed by atoms with van der Waals surface area (Å²) >= 11 is 0. The molecule has 1 aromatic rings. The van der Waals surface area contributed by atoms with Crippen molar-refractivity contribution in [2.75, 3.05) is 13.2 Å². The fraction of sp³-hybridized carbons (Fsp3) is 0.273. The van der Waals surface area contributed by atoms with Crippen LogP contribution in [0.5, 0.6) is 0 Å². The lowest BCUT2D eigenvalue weighted by Gasteiger charge is -2.07. The largest absolute Gasteiger partial charge is 0.456 e. The number of hydrogen-bond acceptors (Lipinski definition) is 5. The lowest BCUT2D eigenvalue weighted by molar-refractivity contribution is -0.144. The summed E-state index contributed by atoms with van der Waals surface area (Å²) in [5.41, 5.74) is 5.67. The summed E-state index contributed by atoms with van der Waals surface area (Å²) in [7, 11) is 0. The summed E-state index contributed by atoms with van der Waals surface area (Å²) < 4.78 is 4.64. The lowest BCUT2D eigenvalue weighted by atomic mass is 10.1. The third-order valence-electron chi connectivity index (χ3n) is 1.94. The number of ether oxygens (including phenoxy) is 1. The summed E-state index contributed by atoms with van der Waals surface area (Å²) in [6.45, 7) is -0.866. The summed E-state index contributed by atoms with van der Waals surface area (Å²) in [6.07, 6.45) is 0. The van der Waals surface area contributed by atoms with Gasteiger partial charge in [-0.25, -0.2) is 0 Å². The number of nitrogens with two attached hydrogens (primary N) is 1. The second kappa shape index (κ2) is 5.99. The molecule has 0 bridgehead atoms. The van der Waals surface area contributed by atoms with Gasteiger partial charge in [-0.3, -0.25) is 9.59 Å². The highest BCUT2D eigenvalue weighted by molar-refractivity contribution is 5.98. The van der Waals surface area contributed by atoms with Gasteiger partial charge >= 0.3 is 5.97 Å². The molecule has 0 spiro atoms. The molecule has 16 heavy (non-hydrogen) atoms. The number of carbonyl (C=O) groups is 2. The molecular weight excluding hydrogens is 210 g/mol. The van der Waals surface area contributed by atoms with Crippen LogP contribution in [0.3, 0.4) is 0 Å². The third-order valence-corrected chi connectivity index (χ3v) is 1.94. The minimum absolute atomic E-state index is 0.306. The summed E-state index contributed by atoms with van der Waals surface area (Å²) in [5, 5.41) is 8.58. The van der Waals surface area contributed by atoms with Crippen LogP contribution in [0.4, 0.5) is 0 Å². The van der Waals surface area contributed by atoms with E-state index in [4.69, 9.17) is 10.8 Å². The topological polar surface area (TPSA) is 89.6 Å². The number of ketones is 1. The predicted octanol–water partition coefficient (Wildman–Crippen LogP) is -0.268. The number of Topliss-reactive ketones (excluding diaryl/α,β-unsaturated/α-hetero) is 1. The van der Waals surface area contributed by atoms with Crippen molar-refractivity contribution in [2.45, 2.75) is 6.04 Å². The van der Waals surface area contributed by atoms with E-state index in [1.807, 2.05) is 0 Å². The molecule has 1 aromatic carbocycles. The molecular formula is C11H13NO4. The van der Waals surface area contributed by atoms with Gasteiger partial charge in [-0.2, -0.15) is 0 Å². The van der Waals surface area contributed by atoms with Gasteiger partial charge in [0, 0.05) is 5.56 Å². The highest BCUT2D eigenvalue weighted by Crippen LogP contribution is 2.00. The quantitative estimate of drug-likeness (QED) is 0.530. The minimum Gasteiger partial charge on any atom is -0.456 e. The summed E-state index contributed by atoms with van der Waals surface area (Å²) in [5.74, 6) is -1.09. The first kappa shape index (κ1) is 12.4. The Labute approximate surface area is 92.8 Å². The number of aliphatic hydroxyl groups is 1. The monoisotopic (exact) mass is 223 g/mol. The fourth-order valence-corrected chi connectivity index (χ4v) is 1.03. The molecule has 1 rings (SSSR count). The molecule has 0 aliphatic carbocycles. The third kappa shape index (κ3) is 3.45. The van der Waals surface area contributed by atoms with Crippen LogP contribution in [0, 0.1) is 0 Å². The Morgan fingerprint density at radius 2 is 1.94 bits per heavy atom. The maximum Gasteiger partial charge on any atom is 0.325 e. The Morgan fingerprint density at radius 3 is 2.50 bits per heavy atom. The molecule has 3 N–H and O–H groups in total. The van der Waals surface area contributed by atoms with E-state index >= 15 is 0 Å². The molecule has 0 saturated heterocycles. The van der Waals surface area contributed by atoms with E-state index in [9.17, 15) is 9.59 Å². The van der Waals surface area contributed by atoms with Crippen LogP contribution in [-0.2, 0) is 9.53 Å². The standard InChI is InChI=1S/C11H13NO4/c12-9(6-13)11(15)16-7-10(14)8-4-2-1-3-5-8/h1-5,9,13H,6-7,12H2/t9-/m0/s1. The van der Waals surface area contributed by atoms with Crippen molar-refractivity contribution in [1.29, 1.82) is 0 Å². The number of hydrogen-bond donors (Lipinski definition) is 2. The smallest absolute Gasteiger partial charge is 0.325 e. The maximum absolute atomic E-state index is 11.5. The summed E-state index contributed by atoms with van der Waals surface area (Å²) in [4.78, 5) is 22.5. The first-order valence-electron chi connectivity index (χ1n) is 4.76. The van der Waals surface area contributed by atoms with Gasteiger partial charge in [0.25, 0.3) is 0 Å². The normalized spacial score (nSPS) is 11.9. The fourth-order valence-electron chi connectivity index (χ4n) is 1.03. The van der Waals surface area contributed by atoms with Gasteiger partial charge in [0.1, 0.15) is 6.04 Å². The average Bonchev–Trinajstić information content (AvgIpc) is 2.35. The van der Waals surface area contributed by atoms with Crippen molar-refractivity contribution in [3.63, 3.8) is 0 Å². The zero-order valence-electron chi connectivity index (χ0n) is 8.63. The molecule has 0 aliphatic rings. The average molecular weight is 223 g/mol. The van der Waals surface area contributed by atoms with Crippen LogP contribution in [-0.4, -0.2) is 36.1 Å². The predicted molar refractivity (Wildman–Crippen MR) is 56.8 cm³/mol. The van der Waals surface area contributed by atoms with Crippen LogP contribution in [0.2, 0.25) is 0 Å². The Hall–Kier alpha value is -1.72. The maximum atomic E-state index is 11.5. The van der Waals surface area contributed by atoms with Crippen LogP contribution in [0.25, 0.3) is 0 Å². The van der Waals surface area contributed by atoms with Crippen molar-refractivity contribution >= 4 is 11.8 Å². The molecule has 0 fully saturated rings. The van der Waals surface area contributed by atoms with E-state index in [-0.39, 0.29) is 12.4 Å². The molecule has 1 atom stereocenters. The number of aliphatic hydroxyl groups excluding tert-OH is 1. The lowest BCUT2D eigenvalue weighted by Crippen LogP contribution is -2.36. The molecule has 0 unspecified atom stereocenters. The van der Waals surface area contributed by atoms with Gasteiger partial charge in [-0.1, -0.05) is 30.3 Å². The summed E-state index contributed by atoms with van der Waals surface area (Å²) in [6, 6.07) is 7.38. The van der Waals surface area contributed by atoms with Gasteiger partial charge in [0.15, 0.2) is 12.4 Å². The van der Waals surface area contributed by atoms with Crippen molar-refractivity contribution in [3.05, 3.63) is 35.9 Å². The molecule has 0 radical (unpaired) electrons. The molecule has 0 saturated carbocycles. The number of carbonyl (C=O) groups excluding carboxylic acids is 2. The van der Waals surface area contributed by atoms with Gasteiger partial charge in [0.2, 0.25) is 0 Å². The van der Waals surface area contributed by atoms with E-state index in [0.717, 1.165) is 0 Å². The molecule has 5 nitrogen and oxygen atoms in total. The van der Waals surface area contributed by atoms with E-state index in [0.29, 0.717) is 5.56 Å². The SMILES string of the molecule is N[C@@H](CO)C(=O)OCC(=O)c1ccccc1.